The number of para-hydroxylation sites is 2. The first-order valence-corrected chi connectivity index (χ1v) is 9.51. The van der Waals surface area contributed by atoms with Gasteiger partial charge < -0.3 is 4.98 Å². The van der Waals surface area contributed by atoms with Crippen LogP contribution in [0.2, 0.25) is 5.02 Å². The van der Waals surface area contributed by atoms with E-state index in [2.05, 4.69) is 14.7 Å². The molecule has 0 spiro atoms. The number of fused-ring (bicyclic) bond motifs is 1. The molecule has 2 aromatic carbocycles. The third-order valence-electron chi connectivity index (χ3n) is 3.70. The molecule has 3 rings (SSSR count). The highest BCUT2D eigenvalue weighted by molar-refractivity contribution is 7.89. The number of hydrogen-bond donors (Lipinski definition) is 2. The van der Waals surface area contributed by atoms with Crippen molar-refractivity contribution < 1.29 is 8.42 Å². The van der Waals surface area contributed by atoms with Crippen molar-refractivity contribution in [3.8, 4) is 0 Å². The quantitative estimate of drug-likeness (QED) is 0.659. The monoisotopic (exact) mass is 363 g/mol. The number of rotatable bonds is 6. The lowest BCUT2D eigenvalue weighted by atomic mass is 10.2. The predicted molar refractivity (Wildman–Crippen MR) is 95.8 cm³/mol. The number of aromatic amines is 1. The molecular formula is C17H18ClN3O2S. The minimum Gasteiger partial charge on any atom is -0.342 e. The van der Waals surface area contributed by atoms with Crippen LogP contribution in [0.1, 0.15) is 17.8 Å². The van der Waals surface area contributed by atoms with Gasteiger partial charge in [-0.15, -0.1) is 0 Å². The molecule has 0 unspecified atom stereocenters. The van der Waals surface area contributed by atoms with E-state index in [1.165, 1.54) is 6.07 Å². The van der Waals surface area contributed by atoms with Crippen molar-refractivity contribution in [1.29, 1.82) is 0 Å². The van der Waals surface area contributed by atoms with Gasteiger partial charge in [0, 0.05) is 13.0 Å². The van der Waals surface area contributed by atoms with E-state index >= 15 is 0 Å². The number of sulfonamides is 1. The van der Waals surface area contributed by atoms with E-state index in [-0.39, 0.29) is 9.92 Å². The molecule has 0 saturated heterocycles. The molecule has 126 valence electrons. The fourth-order valence-electron chi connectivity index (χ4n) is 2.49. The maximum Gasteiger partial charge on any atom is 0.242 e. The Kier molecular flexibility index (Phi) is 4.89. The van der Waals surface area contributed by atoms with Gasteiger partial charge in [-0.25, -0.2) is 18.1 Å². The second kappa shape index (κ2) is 6.93. The normalized spacial score (nSPS) is 11.9. The molecular weight excluding hydrogens is 346 g/mol. The van der Waals surface area contributed by atoms with Crippen LogP contribution in [0.25, 0.3) is 11.0 Å². The van der Waals surface area contributed by atoms with E-state index in [4.69, 9.17) is 11.6 Å². The first-order chi connectivity index (χ1) is 11.5. The van der Waals surface area contributed by atoms with Crippen LogP contribution in [0.3, 0.4) is 0 Å². The van der Waals surface area contributed by atoms with Crippen LogP contribution >= 0.6 is 11.6 Å². The Morgan fingerprint density at radius 1 is 1.21 bits per heavy atom. The number of H-pyrrole nitrogens is 1. The summed E-state index contributed by atoms with van der Waals surface area (Å²) in [6.45, 7) is 2.19. The largest absolute Gasteiger partial charge is 0.342 e. The smallest absolute Gasteiger partial charge is 0.242 e. The Hall–Kier alpha value is -1.89. The Bertz CT molecular complexity index is 934. The summed E-state index contributed by atoms with van der Waals surface area (Å²) in [5.74, 6) is 0.851. The second-order valence-corrected chi connectivity index (χ2v) is 7.78. The summed E-state index contributed by atoms with van der Waals surface area (Å²) in [7, 11) is -3.60. The van der Waals surface area contributed by atoms with Gasteiger partial charge in [0.05, 0.1) is 16.1 Å². The standard InChI is InChI=1S/C17H18ClN3O2S/c1-12-8-9-16(13(18)11-12)24(22,23)19-10-4-7-17-20-14-5-2-3-6-15(14)21-17/h2-3,5-6,8-9,11,19H,4,7,10H2,1H3,(H,20,21). The van der Waals surface area contributed by atoms with Crippen molar-refractivity contribution >= 4 is 32.7 Å². The number of halogens is 1. The molecule has 3 aromatic rings. The lowest BCUT2D eigenvalue weighted by Gasteiger charge is -2.08. The van der Waals surface area contributed by atoms with Crippen molar-refractivity contribution in [2.24, 2.45) is 0 Å². The third kappa shape index (κ3) is 3.77. The first kappa shape index (κ1) is 17.0. The van der Waals surface area contributed by atoms with E-state index in [0.717, 1.165) is 22.4 Å². The lowest BCUT2D eigenvalue weighted by molar-refractivity contribution is 0.578. The zero-order valence-corrected chi connectivity index (χ0v) is 14.8. The van der Waals surface area contributed by atoms with Crippen molar-refractivity contribution in [3.63, 3.8) is 0 Å². The molecule has 1 heterocycles. The molecule has 0 aliphatic heterocycles. The van der Waals surface area contributed by atoms with Gasteiger partial charge in [-0.2, -0.15) is 0 Å². The van der Waals surface area contributed by atoms with E-state index in [1.807, 2.05) is 31.2 Å². The van der Waals surface area contributed by atoms with Crippen LogP contribution in [0.4, 0.5) is 0 Å². The van der Waals surface area contributed by atoms with Crippen LogP contribution < -0.4 is 4.72 Å². The predicted octanol–water partition coefficient (Wildman–Crippen LogP) is 3.44. The van der Waals surface area contributed by atoms with Gasteiger partial charge in [0.15, 0.2) is 0 Å². The average Bonchev–Trinajstić information content (AvgIpc) is 2.94. The first-order valence-electron chi connectivity index (χ1n) is 7.65. The SMILES string of the molecule is Cc1ccc(S(=O)(=O)NCCCc2nc3ccccc3[nH]2)c(Cl)c1. The number of benzene rings is 2. The summed E-state index contributed by atoms with van der Waals surface area (Å²) < 4.78 is 27.2. The van der Waals surface area contributed by atoms with Crippen molar-refractivity contribution in [1.82, 2.24) is 14.7 Å². The molecule has 0 aliphatic carbocycles. The minimum atomic E-state index is -3.60. The molecule has 0 amide bonds. The molecule has 0 bridgehead atoms. The summed E-state index contributed by atoms with van der Waals surface area (Å²) >= 11 is 6.03. The number of imidazole rings is 1. The zero-order valence-electron chi connectivity index (χ0n) is 13.2. The number of aromatic nitrogens is 2. The van der Waals surface area contributed by atoms with Gasteiger partial charge in [0.2, 0.25) is 10.0 Å². The summed E-state index contributed by atoms with van der Waals surface area (Å²) in [5.41, 5.74) is 2.82. The van der Waals surface area contributed by atoms with Crippen molar-refractivity contribution in [2.75, 3.05) is 6.54 Å². The number of nitrogens with one attached hydrogen (secondary N) is 2. The summed E-state index contributed by atoms with van der Waals surface area (Å²) in [4.78, 5) is 7.82. The van der Waals surface area contributed by atoms with Gasteiger partial charge >= 0.3 is 0 Å². The molecule has 7 heteroatoms. The second-order valence-electron chi connectivity index (χ2n) is 5.64. The van der Waals surface area contributed by atoms with Crippen LogP contribution in [0.15, 0.2) is 47.4 Å². The molecule has 0 saturated carbocycles. The van der Waals surface area contributed by atoms with E-state index < -0.39 is 10.0 Å². The number of nitrogens with zero attached hydrogens (tertiary/aromatic N) is 1. The molecule has 0 atom stereocenters. The highest BCUT2D eigenvalue weighted by atomic mass is 35.5. The summed E-state index contributed by atoms with van der Waals surface area (Å²) in [6, 6.07) is 12.7. The van der Waals surface area contributed by atoms with Gasteiger partial charge in [-0.1, -0.05) is 29.8 Å². The fraction of sp³-hybridized carbons (Fsp3) is 0.235. The Balaban J connectivity index is 1.59. The van der Waals surface area contributed by atoms with Gasteiger partial charge in [0.1, 0.15) is 10.7 Å². The molecule has 0 aliphatic rings. The van der Waals surface area contributed by atoms with E-state index in [1.54, 1.807) is 12.1 Å². The molecule has 24 heavy (non-hydrogen) atoms. The maximum absolute atomic E-state index is 12.3. The Morgan fingerprint density at radius 3 is 2.75 bits per heavy atom. The molecule has 2 N–H and O–H groups in total. The third-order valence-corrected chi connectivity index (χ3v) is 5.64. The van der Waals surface area contributed by atoms with E-state index in [9.17, 15) is 8.42 Å². The summed E-state index contributed by atoms with van der Waals surface area (Å²) in [5, 5.41) is 0.236. The van der Waals surface area contributed by atoms with Crippen LogP contribution in [0, 0.1) is 6.92 Å². The average molecular weight is 364 g/mol. The molecule has 0 radical (unpaired) electrons. The highest BCUT2D eigenvalue weighted by Gasteiger charge is 2.17. The minimum absolute atomic E-state index is 0.110. The van der Waals surface area contributed by atoms with Gasteiger partial charge in [-0.05, 0) is 43.2 Å². The molecule has 1 aromatic heterocycles. The van der Waals surface area contributed by atoms with Crippen molar-refractivity contribution in [3.05, 3.63) is 58.9 Å². The zero-order chi connectivity index (χ0) is 17.2. The van der Waals surface area contributed by atoms with Gasteiger partial charge in [-0.3, -0.25) is 0 Å². The van der Waals surface area contributed by atoms with Crippen LogP contribution in [-0.2, 0) is 16.4 Å². The maximum atomic E-state index is 12.3. The van der Waals surface area contributed by atoms with Crippen LogP contribution in [-0.4, -0.2) is 24.9 Å². The number of hydrogen-bond acceptors (Lipinski definition) is 3. The number of aryl methyl sites for hydroxylation is 2. The van der Waals surface area contributed by atoms with Crippen LogP contribution in [0.5, 0.6) is 0 Å². The molecule has 5 nitrogen and oxygen atoms in total. The Labute approximate surface area is 146 Å². The van der Waals surface area contributed by atoms with Gasteiger partial charge in [0.25, 0.3) is 0 Å². The summed E-state index contributed by atoms with van der Waals surface area (Å²) in [6.07, 6.45) is 1.31. The highest BCUT2D eigenvalue weighted by Crippen LogP contribution is 2.22. The lowest BCUT2D eigenvalue weighted by Crippen LogP contribution is -2.25. The Morgan fingerprint density at radius 2 is 2.00 bits per heavy atom. The van der Waals surface area contributed by atoms with E-state index in [0.29, 0.717) is 19.4 Å². The fourth-order valence-corrected chi connectivity index (χ4v) is 4.16. The van der Waals surface area contributed by atoms with Crippen molar-refractivity contribution in [2.45, 2.75) is 24.7 Å². The topological polar surface area (TPSA) is 74.8 Å². The molecule has 0 fully saturated rings.